The number of aryl methyl sites for hydroxylation is 1. The van der Waals surface area contributed by atoms with E-state index in [2.05, 4.69) is 24.1 Å². The van der Waals surface area contributed by atoms with Gasteiger partial charge in [-0.05, 0) is 45.2 Å². The van der Waals surface area contributed by atoms with E-state index in [1.807, 2.05) is 36.1 Å². The summed E-state index contributed by atoms with van der Waals surface area (Å²) in [5.41, 5.74) is 1.76. The Balaban J connectivity index is 1.43. The second-order valence-corrected chi connectivity index (χ2v) is 9.11. The first-order valence-electron chi connectivity index (χ1n) is 10.9. The third-order valence-electron chi connectivity index (χ3n) is 7.30. The van der Waals surface area contributed by atoms with Crippen LogP contribution in [0.1, 0.15) is 55.5 Å². The Bertz CT molecular complexity index is 754. The zero-order chi connectivity index (χ0) is 19.9. The molecule has 4 rings (SSSR count). The van der Waals surface area contributed by atoms with Crippen molar-refractivity contribution in [2.24, 2.45) is 11.8 Å². The van der Waals surface area contributed by atoms with Crippen molar-refractivity contribution in [3.8, 4) is 0 Å². The Hall–Kier alpha value is -1.88. The molecule has 1 spiro atoms. The lowest BCUT2D eigenvalue weighted by atomic mass is 9.75. The lowest BCUT2D eigenvalue weighted by Gasteiger charge is -2.43. The summed E-state index contributed by atoms with van der Waals surface area (Å²) >= 11 is 0. The van der Waals surface area contributed by atoms with Crippen LogP contribution in [0.3, 0.4) is 0 Å². The monoisotopic (exact) mass is 383 g/mol. The smallest absolute Gasteiger partial charge is 0.253 e. The number of benzene rings is 1. The zero-order valence-electron chi connectivity index (χ0n) is 17.4. The normalized spacial score (nSPS) is 27.7. The summed E-state index contributed by atoms with van der Waals surface area (Å²) in [6.45, 7) is 9.88. The fourth-order valence-electron chi connectivity index (χ4n) is 5.62. The minimum absolute atomic E-state index is 0.115. The standard InChI is InChI=1S/C23H33N3O2/c1-4-6-17(3)26-14-19-20(15-26)23(24-21(19)27)9-11-25(12-10-23)22(28)18-8-5-7-16(2)13-18/h5,7-8,13,17,19-20H,4,6,9-12,14-15H2,1-3H3,(H,24,27)/t17-,19+,20-/m0/s1. The number of likely N-dealkylation sites (tertiary alicyclic amines) is 2. The molecule has 1 N–H and O–H groups in total. The van der Waals surface area contributed by atoms with Crippen LogP contribution in [0.25, 0.3) is 0 Å². The quantitative estimate of drug-likeness (QED) is 0.870. The Morgan fingerprint density at radius 2 is 2.04 bits per heavy atom. The highest BCUT2D eigenvalue weighted by atomic mass is 16.2. The van der Waals surface area contributed by atoms with Gasteiger partial charge in [0.2, 0.25) is 5.91 Å². The van der Waals surface area contributed by atoms with Crippen molar-refractivity contribution in [3.05, 3.63) is 35.4 Å². The van der Waals surface area contributed by atoms with Crippen molar-refractivity contribution in [1.29, 1.82) is 0 Å². The lowest BCUT2D eigenvalue weighted by Crippen LogP contribution is -2.56. The maximum atomic E-state index is 12.9. The Morgan fingerprint density at radius 1 is 1.29 bits per heavy atom. The van der Waals surface area contributed by atoms with Crippen LogP contribution < -0.4 is 5.32 Å². The summed E-state index contributed by atoms with van der Waals surface area (Å²) in [7, 11) is 0. The SMILES string of the molecule is CCC[C@H](C)N1C[C@H]2C(=O)NC3(CCN(C(=O)c4cccc(C)c4)CC3)[C@H]2C1. The number of fused-ring (bicyclic) bond motifs is 2. The summed E-state index contributed by atoms with van der Waals surface area (Å²) in [5.74, 6) is 0.854. The molecule has 152 valence electrons. The van der Waals surface area contributed by atoms with E-state index in [1.165, 1.54) is 12.8 Å². The summed E-state index contributed by atoms with van der Waals surface area (Å²) in [6, 6.07) is 8.37. The van der Waals surface area contributed by atoms with E-state index in [9.17, 15) is 9.59 Å². The average Bonchev–Trinajstić information content (AvgIpc) is 3.23. The van der Waals surface area contributed by atoms with Gasteiger partial charge in [0.1, 0.15) is 0 Å². The first-order chi connectivity index (χ1) is 13.4. The van der Waals surface area contributed by atoms with E-state index >= 15 is 0 Å². The molecular formula is C23H33N3O2. The van der Waals surface area contributed by atoms with Crippen LogP contribution in [0.5, 0.6) is 0 Å². The van der Waals surface area contributed by atoms with Crippen LogP contribution >= 0.6 is 0 Å². The number of hydrogen-bond donors (Lipinski definition) is 1. The van der Waals surface area contributed by atoms with Crippen LogP contribution in [0.15, 0.2) is 24.3 Å². The van der Waals surface area contributed by atoms with Gasteiger partial charge in [-0.1, -0.05) is 31.0 Å². The number of nitrogens with one attached hydrogen (secondary N) is 1. The van der Waals surface area contributed by atoms with Crippen LogP contribution in [0, 0.1) is 18.8 Å². The topological polar surface area (TPSA) is 52.7 Å². The van der Waals surface area contributed by atoms with Gasteiger partial charge in [-0.3, -0.25) is 14.5 Å². The molecule has 5 nitrogen and oxygen atoms in total. The minimum atomic E-state index is -0.119. The molecule has 1 aromatic carbocycles. The maximum Gasteiger partial charge on any atom is 0.253 e. The zero-order valence-corrected chi connectivity index (χ0v) is 17.4. The van der Waals surface area contributed by atoms with Gasteiger partial charge in [0.25, 0.3) is 5.91 Å². The fraction of sp³-hybridized carbons (Fsp3) is 0.652. The largest absolute Gasteiger partial charge is 0.350 e. The van der Waals surface area contributed by atoms with Gasteiger partial charge in [0.05, 0.1) is 5.92 Å². The van der Waals surface area contributed by atoms with Crippen molar-refractivity contribution in [2.45, 2.75) is 58.0 Å². The van der Waals surface area contributed by atoms with E-state index in [-0.39, 0.29) is 23.3 Å². The molecule has 0 bridgehead atoms. The minimum Gasteiger partial charge on any atom is -0.350 e. The number of rotatable bonds is 4. The highest BCUT2D eigenvalue weighted by Gasteiger charge is 2.57. The van der Waals surface area contributed by atoms with Gasteiger partial charge in [-0.25, -0.2) is 0 Å². The molecule has 0 radical (unpaired) electrons. The van der Waals surface area contributed by atoms with Gasteiger partial charge < -0.3 is 10.2 Å². The number of carbonyl (C=O) groups is 2. The summed E-state index contributed by atoms with van der Waals surface area (Å²) in [4.78, 5) is 30.1. The van der Waals surface area contributed by atoms with Gasteiger partial charge in [-0.2, -0.15) is 0 Å². The second kappa shape index (κ2) is 7.51. The molecular weight excluding hydrogens is 350 g/mol. The summed E-state index contributed by atoms with van der Waals surface area (Å²) < 4.78 is 0. The molecule has 0 aliphatic carbocycles. The molecule has 28 heavy (non-hydrogen) atoms. The number of nitrogens with zero attached hydrogens (tertiary/aromatic N) is 2. The predicted octanol–water partition coefficient (Wildman–Crippen LogP) is 2.84. The maximum absolute atomic E-state index is 12.9. The molecule has 3 aliphatic rings. The first-order valence-corrected chi connectivity index (χ1v) is 10.9. The van der Waals surface area contributed by atoms with Gasteiger partial charge in [0.15, 0.2) is 0 Å². The van der Waals surface area contributed by atoms with Crippen LogP contribution in [-0.4, -0.2) is 59.4 Å². The Labute approximate surface area is 168 Å². The van der Waals surface area contributed by atoms with Crippen LogP contribution in [0.4, 0.5) is 0 Å². The third-order valence-corrected chi connectivity index (χ3v) is 7.30. The van der Waals surface area contributed by atoms with Crippen molar-refractivity contribution >= 4 is 11.8 Å². The third kappa shape index (κ3) is 3.34. The molecule has 3 aliphatic heterocycles. The van der Waals surface area contributed by atoms with E-state index in [4.69, 9.17) is 0 Å². The number of hydrogen-bond acceptors (Lipinski definition) is 3. The molecule has 0 aromatic heterocycles. The van der Waals surface area contributed by atoms with Crippen LogP contribution in [-0.2, 0) is 4.79 Å². The molecule has 3 fully saturated rings. The molecule has 0 unspecified atom stereocenters. The molecule has 3 heterocycles. The Morgan fingerprint density at radius 3 is 2.71 bits per heavy atom. The number of carbonyl (C=O) groups excluding carboxylic acids is 2. The van der Waals surface area contributed by atoms with Crippen molar-refractivity contribution in [3.63, 3.8) is 0 Å². The van der Waals surface area contributed by atoms with Crippen LogP contribution in [0.2, 0.25) is 0 Å². The van der Waals surface area contributed by atoms with Crippen molar-refractivity contribution in [1.82, 2.24) is 15.1 Å². The second-order valence-electron chi connectivity index (χ2n) is 9.11. The highest BCUT2D eigenvalue weighted by Crippen LogP contribution is 2.44. The number of amides is 2. The predicted molar refractivity (Wildman–Crippen MR) is 110 cm³/mol. The first kappa shape index (κ1) is 19.4. The lowest BCUT2D eigenvalue weighted by molar-refractivity contribution is -0.123. The molecule has 0 saturated carbocycles. The summed E-state index contributed by atoms with van der Waals surface area (Å²) in [6.07, 6.45) is 4.11. The van der Waals surface area contributed by atoms with E-state index in [0.717, 1.165) is 50.1 Å². The molecule has 1 aromatic rings. The van der Waals surface area contributed by atoms with Crippen molar-refractivity contribution < 1.29 is 9.59 Å². The molecule has 3 saturated heterocycles. The van der Waals surface area contributed by atoms with E-state index in [0.29, 0.717) is 12.0 Å². The molecule has 3 atom stereocenters. The summed E-state index contributed by atoms with van der Waals surface area (Å²) in [5, 5.41) is 3.37. The van der Waals surface area contributed by atoms with E-state index < -0.39 is 0 Å². The van der Waals surface area contributed by atoms with Crippen molar-refractivity contribution in [2.75, 3.05) is 26.2 Å². The fourth-order valence-corrected chi connectivity index (χ4v) is 5.62. The molecule has 2 amide bonds. The van der Waals surface area contributed by atoms with Gasteiger partial charge in [-0.15, -0.1) is 0 Å². The Kier molecular flexibility index (Phi) is 5.21. The van der Waals surface area contributed by atoms with Gasteiger partial charge >= 0.3 is 0 Å². The van der Waals surface area contributed by atoms with Gasteiger partial charge in [0, 0.05) is 49.2 Å². The highest BCUT2D eigenvalue weighted by molar-refractivity contribution is 5.94. The number of piperidine rings is 1. The van der Waals surface area contributed by atoms with E-state index in [1.54, 1.807) is 0 Å². The average molecular weight is 384 g/mol. The molecule has 5 heteroatoms.